The molecular weight excluding hydrogens is 551 g/mol. The lowest BCUT2D eigenvalue weighted by Crippen LogP contribution is -2.34. The van der Waals surface area contributed by atoms with Gasteiger partial charge in [-0.2, -0.15) is 0 Å². The molecule has 0 aliphatic carbocycles. The normalized spacial score (nSPS) is 22.5. The minimum Gasteiger partial charge on any atom is -0.444 e. The highest BCUT2D eigenvalue weighted by Crippen LogP contribution is 2.49. The Morgan fingerprint density at radius 1 is 1.20 bits per heavy atom. The van der Waals surface area contributed by atoms with Gasteiger partial charge in [-0.25, -0.2) is 9.18 Å². The van der Waals surface area contributed by atoms with Crippen molar-refractivity contribution >= 4 is 17.7 Å². The van der Waals surface area contributed by atoms with E-state index in [-0.39, 0.29) is 5.92 Å². The third-order valence-electron chi connectivity index (χ3n) is 7.95. The SMILES string of the molecule is COCCc1cc(C2NOC(=O)N2)cnc1CN1CCC(c2cccc3c2OC(C)(c2ccc(Cl)cc2F)O3)CC1. The molecule has 2 N–H and O–H groups in total. The van der Waals surface area contributed by atoms with Crippen LogP contribution >= 0.6 is 11.6 Å². The number of para-hydroxylation sites is 1. The van der Waals surface area contributed by atoms with Crippen molar-refractivity contribution in [1.29, 1.82) is 0 Å². The van der Waals surface area contributed by atoms with Crippen molar-refractivity contribution in [3.05, 3.63) is 87.4 Å². The van der Waals surface area contributed by atoms with Crippen LogP contribution in [0.3, 0.4) is 0 Å². The topological polar surface area (TPSA) is 94.2 Å². The number of aromatic nitrogens is 1. The maximum atomic E-state index is 14.8. The smallest absolute Gasteiger partial charge is 0.427 e. The van der Waals surface area contributed by atoms with E-state index in [1.54, 1.807) is 32.4 Å². The molecule has 0 bridgehead atoms. The summed E-state index contributed by atoms with van der Waals surface area (Å²) in [5, 5.41) is 3.04. The number of likely N-dealkylation sites (tertiary alicyclic amines) is 1. The third-order valence-corrected chi connectivity index (χ3v) is 8.19. The van der Waals surface area contributed by atoms with Gasteiger partial charge in [0.05, 0.1) is 17.9 Å². The van der Waals surface area contributed by atoms with Gasteiger partial charge in [-0.05, 0) is 74.2 Å². The molecule has 6 rings (SSSR count). The Labute approximate surface area is 242 Å². The number of hydrogen-bond acceptors (Lipinski definition) is 8. The predicted octanol–water partition coefficient (Wildman–Crippen LogP) is 5.33. The van der Waals surface area contributed by atoms with E-state index in [2.05, 4.69) is 21.8 Å². The second kappa shape index (κ2) is 11.4. The van der Waals surface area contributed by atoms with Crippen molar-refractivity contribution in [2.45, 2.75) is 50.6 Å². The third kappa shape index (κ3) is 5.70. The average Bonchev–Trinajstić information content (AvgIpc) is 3.55. The Balaban J connectivity index is 1.13. The summed E-state index contributed by atoms with van der Waals surface area (Å²) in [5.74, 6) is -0.160. The molecule has 3 aliphatic rings. The summed E-state index contributed by atoms with van der Waals surface area (Å²) in [6.07, 6.45) is 3.42. The van der Waals surface area contributed by atoms with Crippen LogP contribution in [0.4, 0.5) is 9.18 Å². The number of nitrogens with one attached hydrogen (secondary N) is 2. The van der Waals surface area contributed by atoms with E-state index >= 15 is 0 Å². The van der Waals surface area contributed by atoms with Crippen LogP contribution in [0.1, 0.15) is 59.8 Å². The number of ether oxygens (including phenoxy) is 3. The molecule has 4 heterocycles. The van der Waals surface area contributed by atoms with Gasteiger partial charge in [0.25, 0.3) is 5.79 Å². The summed E-state index contributed by atoms with van der Waals surface area (Å²) in [6.45, 7) is 4.79. The first-order chi connectivity index (χ1) is 19.8. The molecule has 9 nitrogen and oxygen atoms in total. The number of halogens is 2. The highest BCUT2D eigenvalue weighted by Gasteiger charge is 2.43. The molecule has 2 atom stereocenters. The summed E-state index contributed by atoms with van der Waals surface area (Å²) in [4.78, 5) is 23.4. The van der Waals surface area contributed by atoms with Crippen molar-refractivity contribution in [3.8, 4) is 11.5 Å². The zero-order valence-electron chi connectivity index (χ0n) is 22.9. The van der Waals surface area contributed by atoms with Gasteiger partial charge in [0.15, 0.2) is 11.5 Å². The molecule has 0 saturated carbocycles. The number of amides is 1. The van der Waals surface area contributed by atoms with E-state index in [4.69, 9.17) is 35.6 Å². The number of hydrogen-bond donors (Lipinski definition) is 2. The van der Waals surface area contributed by atoms with Gasteiger partial charge in [0.2, 0.25) is 0 Å². The lowest BCUT2D eigenvalue weighted by atomic mass is 9.88. The number of pyridine rings is 1. The molecule has 2 unspecified atom stereocenters. The highest BCUT2D eigenvalue weighted by atomic mass is 35.5. The molecule has 1 amide bonds. The second-order valence-corrected chi connectivity index (χ2v) is 11.1. The largest absolute Gasteiger partial charge is 0.444 e. The van der Waals surface area contributed by atoms with Crippen LogP contribution < -0.4 is 20.3 Å². The molecule has 3 aliphatic heterocycles. The van der Waals surface area contributed by atoms with Crippen molar-refractivity contribution in [1.82, 2.24) is 20.7 Å². The number of methoxy groups -OCH3 is 1. The van der Waals surface area contributed by atoms with E-state index in [9.17, 15) is 9.18 Å². The summed E-state index contributed by atoms with van der Waals surface area (Å²) in [7, 11) is 1.68. The van der Waals surface area contributed by atoms with Gasteiger partial charge in [-0.15, -0.1) is 5.48 Å². The molecule has 216 valence electrons. The number of fused-ring (bicyclic) bond motifs is 1. The van der Waals surface area contributed by atoms with E-state index < -0.39 is 23.9 Å². The fourth-order valence-electron chi connectivity index (χ4n) is 5.78. The fraction of sp³-hybridized carbons (Fsp3) is 0.400. The monoisotopic (exact) mass is 582 g/mol. The molecule has 41 heavy (non-hydrogen) atoms. The van der Waals surface area contributed by atoms with Crippen LogP contribution in [-0.2, 0) is 28.3 Å². The number of piperidine rings is 1. The average molecular weight is 583 g/mol. The Bertz CT molecular complexity index is 1450. The van der Waals surface area contributed by atoms with E-state index in [1.165, 1.54) is 6.07 Å². The predicted molar refractivity (Wildman–Crippen MR) is 149 cm³/mol. The minimum atomic E-state index is -1.27. The number of rotatable bonds is 8. The number of benzene rings is 2. The van der Waals surface area contributed by atoms with Crippen molar-refractivity contribution in [3.63, 3.8) is 0 Å². The molecule has 0 spiro atoms. The van der Waals surface area contributed by atoms with Gasteiger partial charge < -0.3 is 19.0 Å². The molecule has 1 aromatic heterocycles. The van der Waals surface area contributed by atoms with Crippen LogP contribution in [0.15, 0.2) is 48.7 Å². The van der Waals surface area contributed by atoms with Gasteiger partial charge in [-0.3, -0.25) is 15.2 Å². The van der Waals surface area contributed by atoms with Crippen molar-refractivity contribution < 1.29 is 28.2 Å². The summed E-state index contributed by atoms with van der Waals surface area (Å²) in [5.41, 5.74) is 6.97. The van der Waals surface area contributed by atoms with Crippen LogP contribution in [0.25, 0.3) is 0 Å². The van der Waals surface area contributed by atoms with E-state index in [0.29, 0.717) is 41.7 Å². The number of carbonyl (C=O) groups is 1. The van der Waals surface area contributed by atoms with Crippen LogP contribution in [-0.4, -0.2) is 42.8 Å². The van der Waals surface area contributed by atoms with Crippen LogP contribution in [0.5, 0.6) is 11.5 Å². The molecule has 3 aromatic rings. The second-order valence-electron chi connectivity index (χ2n) is 10.7. The lowest BCUT2D eigenvalue weighted by molar-refractivity contribution is -0.0712. The standard InChI is InChI=1S/C30H32ClFN4O5/c1-30(23-7-6-21(31)15-24(23)32)39-26-5-3-4-22(27(26)40-30)18-8-11-36(12-9-18)17-25-19(10-13-38-2)14-20(16-33-25)28-34-29(37)41-35-28/h3-7,14-16,18,28,35H,8-13,17H2,1-2H3,(H,34,37). The zero-order chi connectivity index (χ0) is 28.6. The highest BCUT2D eigenvalue weighted by molar-refractivity contribution is 6.30. The van der Waals surface area contributed by atoms with E-state index in [1.807, 2.05) is 18.2 Å². The fourth-order valence-corrected chi connectivity index (χ4v) is 5.94. The van der Waals surface area contributed by atoms with Gasteiger partial charge in [-0.1, -0.05) is 23.7 Å². The number of hydroxylamine groups is 1. The molecule has 0 radical (unpaired) electrons. The molecule has 2 aromatic carbocycles. The summed E-state index contributed by atoms with van der Waals surface area (Å²) >= 11 is 5.96. The molecule has 11 heteroatoms. The summed E-state index contributed by atoms with van der Waals surface area (Å²) < 4.78 is 32.6. The Morgan fingerprint density at radius 3 is 2.76 bits per heavy atom. The van der Waals surface area contributed by atoms with Crippen molar-refractivity contribution in [2.24, 2.45) is 0 Å². The lowest BCUT2D eigenvalue weighted by Gasteiger charge is -2.33. The van der Waals surface area contributed by atoms with Gasteiger partial charge in [0.1, 0.15) is 12.0 Å². The van der Waals surface area contributed by atoms with E-state index in [0.717, 1.165) is 48.3 Å². The molecule has 2 fully saturated rings. The molecular formula is C30H32ClFN4O5. The number of carbonyl (C=O) groups excluding carboxylic acids is 1. The van der Waals surface area contributed by atoms with Crippen LogP contribution in [0.2, 0.25) is 5.02 Å². The Kier molecular flexibility index (Phi) is 7.74. The van der Waals surface area contributed by atoms with Gasteiger partial charge >= 0.3 is 6.09 Å². The zero-order valence-corrected chi connectivity index (χ0v) is 23.7. The quantitative estimate of drug-likeness (QED) is 0.368. The first-order valence-corrected chi connectivity index (χ1v) is 14.1. The first kappa shape index (κ1) is 27.7. The van der Waals surface area contributed by atoms with Gasteiger partial charge in [0, 0.05) is 42.9 Å². The Morgan fingerprint density at radius 2 is 2.02 bits per heavy atom. The maximum Gasteiger partial charge on any atom is 0.427 e. The van der Waals surface area contributed by atoms with Crippen LogP contribution in [0, 0.1) is 5.82 Å². The maximum absolute atomic E-state index is 14.8. The van der Waals surface area contributed by atoms with Crippen molar-refractivity contribution in [2.75, 3.05) is 26.8 Å². The molecule has 2 saturated heterocycles. The number of nitrogens with zero attached hydrogens (tertiary/aromatic N) is 2. The summed E-state index contributed by atoms with van der Waals surface area (Å²) in [6, 6.07) is 12.5. The minimum absolute atomic E-state index is 0.280. The Hall–Kier alpha value is -3.44. The first-order valence-electron chi connectivity index (χ1n) is 13.7.